The number of para-hydroxylation sites is 1. The fourth-order valence-electron chi connectivity index (χ4n) is 3.29. The number of halogens is 2. The number of pyridine rings is 1. The molecule has 0 spiro atoms. The maximum absolute atomic E-state index is 12.8. The van der Waals surface area contributed by atoms with Crippen LogP contribution in [0.1, 0.15) is 40.2 Å². The van der Waals surface area contributed by atoms with Crippen molar-refractivity contribution in [1.29, 1.82) is 0 Å². The molecule has 2 heterocycles. The van der Waals surface area contributed by atoms with Gasteiger partial charge in [-0.25, -0.2) is 4.98 Å². The molecule has 4 nitrogen and oxygen atoms in total. The zero-order valence-electron chi connectivity index (χ0n) is 13.9. The summed E-state index contributed by atoms with van der Waals surface area (Å²) in [4.78, 5) is 18.8. The number of fused-ring (bicyclic) bond motifs is 2. The molecule has 0 saturated carbocycles. The Bertz CT molecular complexity index is 995. The third-order valence-electron chi connectivity index (χ3n) is 4.66. The average molecular weight is 406 g/mol. The van der Waals surface area contributed by atoms with Crippen LogP contribution in [0.5, 0.6) is 0 Å². The van der Waals surface area contributed by atoms with Crippen molar-refractivity contribution in [3.05, 3.63) is 50.4 Å². The van der Waals surface area contributed by atoms with Gasteiger partial charge in [-0.3, -0.25) is 4.79 Å². The quantitative estimate of drug-likeness (QED) is 0.536. The number of thiophene rings is 1. The van der Waals surface area contributed by atoms with Crippen LogP contribution in [0.2, 0.25) is 10.0 Å². The highest BCUT2D eigenvalue weighted by Gasteiger charge is 2.21. The Balaban J connectivity index is 1.72. The van der Waals surface area contributed by atoms with E-state index >= 15 is 0 Å². The highest BCUT2D eigenvalue weighted by molar-refractivity contribution is 7.21. The summed E-state index contributed by atoms with van der Waals surface area (Å²) in [5.74, 6) is -0.323. The van der Waals surface area contributed by atoms with Gasteiger partial charge in [-0.1, -0.05) is 35.7 Å². The Morgan fingerprint density at radius 1 is 1.15 bits per heavy atom. The van der Waals surface area contributed by atoms with E-state index in [0.717, 1.165) is 35.2 Å². The number of nitrogen functional groups attached to an aromatic ring is 1. The molecule has 0 bridgehead atoms. The largest absolute Gasteiger partial charge is 0.397 e. The molecule has 3 aromatic rings. The third kappa shape index (κ3) is 3.15. The number of amides is 1. The van der Waals surface area contributed by atoms with Crippen LogP contribution in [-0.2, 0) is 12.8 Å². The van der Waals surface area contributed by atoms with Crippen LogP contribution in [-0.4, -0.2) is 10.9 Å². The molecule has 1 aliphatic carbocycles. The summed E-state index contributed by atoms with van der Waals surface area (Å²) in [6, 6.07) is 7.19. The molecular weight excluding hydrogens is 389 g/mol. The van der Waals surface area contributed by atoms with Crippen molar-refractivity contribution in [1.82, 2.24) is 4.98 Å². The molecule has 0 unspecified atom stereocenters. The molecule has 0 aliphatic heterocycles. The second-order valence-electron chi connectivity index (χ2n) is 6.40. The lowest BCUT2D eigenvalue weighted by molar-refractivity contribution is 0.103. The van der Waals surface area contributed by atoms with Gasteiger partial charge in [0.1, 0.15) is 9.71 Å². The van der Waals surface area contributed by atoms with Crippen LogP contribution >= 0.6 is 34.5 Å². The molecule has 3 N–H and O–H groups in total. The number of nitrogens with zero attached hydrogens (tertiary/aromatic N) is 1. The van der Waals surface area contributed by atoms with E-state index in [0.29, 0.717) is 26.3 Å². The van der Waals surface area contributed by atoms with Crippen LogP contribution in [0.4, 0.5) is 11.4 Å². The molecule has 1 aliphatic rings. The van der Waals surface area contributed by atoms with E-state index in [1.54, 1.807) is 18.2 Å². The summed E-state index contributed by atoms with van der Waals surface area (Å²) in [5.41, 5.74) is 9.53. The van der Waals surface area contributed by atoms with E-state index in [1.165, 1.54) is 29.7 Å². The maximum Gasteiger partial charge on any atom is 0.268 e. The van der Waals surface area contributed by atoms with E-state index in [4.69, 9.17) is 33.9 Å². The highest BCUT2D eigenvalue weighted by Crippen LogP contribution is 2.37. The summed E-state index contributed by atoms with van der Waals surface area (Å²) < 4.78 is 0. The van der Waals surface area contributed by atoms with Gasteiger partial charge < -0.3 is 11.1 Å². The number of carbonyl (C=O) groups is 1. The van der Waals surface area contributed by atoms with Crippen LogP contribution in [0.15, 0.2) is 24.3 Å². The fraction of sp³-hybridized carbons (Fsp3) is 0.263. The van der Waals surface area contributed by atoms with Crippen LogP contribution in [0, 0.1) is 0 Å². The first-order valence-corrected chi connectivity index (χ1v) is 10.1. The number of aryl methyl sites for hydroxylation is 2. The summed E-state index contributed by atoms with van der Waals surface area (Å²) in [7, 11) is 0. The SMILES string of the molecule is Nc1c(C(=O)Nc2c(Cl)cccc2Cl)sc2nc3c(cc12)CCCCC3. The number of carbonyl (C=O) groups excluding carboxylic acids is 1. The van der Waals surface area contributed by atoms with E-state index < -0.39 is 0 Å². The first-order chi connectivity index (χ1) is 12.5. The molecule has 7 heteroatoms. The predicted molar refractivity (Wildman–Crippen MR) is 110 cm³/mol. The summed E-state index contributed by atoms with van der Waals surface area (Å²) in [6.07, 6.45) is 5.56. The third-order valence-corrected chi connectivity index (χ3v) is 6.40. The van der Waals surface area contributed by atoms with Gasteiger partial charge in [-0.15, -0.1) is 11.3 Å². The molecule has 1 amide bonds. The average Bonchev–Trinajstić information content (AvgIpc) is 2.79. The Morgan fingerprint density at radius 2 is 1.88 bits per heavy atom. The first kappa shape index (κ1) is 17.6. The first-order valence-electron chi connectivity index (χ1n) is 8.50. The van der Waals surface area contributed by atoms with Crippen molar-refractivity contribution >= 4 is 62.0 Å². The van der Waals surface area contributed by atoms with E-state index in [1.807, 2.05) is 0 Å². The van der Waals surface area contributed by atoms with E-state index in [9.17, 15) is 4.79 Å². The molecule has 1 aromatic carbocycles. The lowest BCUT2D eigenvalue weighted by Gasteiger charge is -2.08. The fourth-order valence-corrected chi connectivity index (χ4v) is 4.78. The minimum absolute atomic E-state index is 0.323. The molecule has 134 valence electrons. The van der Waals surface area contributed by atoms with Crippen LogP contribution < -0.4 is 11.1 Å². The Kier molecular flexibility index (Phi) is 4.78. The summed E-state index contributed by atoms with van der Waals surface area (Å²) >= 11 is 13.6. The Labute approximate surface area is 165 Å². The zero-order chi connectivity index (χ0) is 18.3. The van der Waals surface area contributed by atoms with Gasteiger partial charge in [-0.2, -0.15) is 0 Å². The standard InChI is InChI=1S/C19H17Cl2N3OS/c20-12-6-4-7-13(21)16(12)24-18(25)17-15(22)11-9-10-5-2-1-3-8-14(10)23-19(11)26-17/h4,6-7,9H,1-3,5,8,22H2,(H,24,25). The molecule has 0 atom stereocenters. The van der Waals surface area contributed by atoms with E-state index in [-0.39, 0.29) is 5.91 Å². The van der Waals surface area contributed by atoms with Gasteiger partial charge >= 0.3 is 0 Å². The van der Waals surface area contributed by atoms with Crippen molar-refractivity contribution < 1.29 is 4.79 Å². The normalized spacial score (nSPS) is 14.1. The number of benzene rings is 1. The number of aromatic nitrogens is 1. The number of hydrogen-bond acceptors (Lipinski definition) is 4. The van der Waals surface area contributed by atoms with Crippen molar-refractivity contribution in [2.75, 3.05) is 11.1 Å². The topological polar surface area (TPSA) is 68.0 Å². The Hall–Kier alpha value is -1.82. The van der Waals surface area contributed by atoms with Crippen LogP contribution in [0.3, 0.4) is 0 Å². The van der Waals surface area contributed by atoms with Gasteiger partial charge in [0, 0.05) is 11.1 Å². The number of nitrogens with two attached hydrogens (primary N) is 1. The predicted octanol–water partition coefficient (Wildman–Crippen LogP) is 5.71. The van der Waals surface area contributed by atoms with Crippen molar-refractivity contribution in [3.63, 3.8) is 0 Å². The van der Waals surface area contributed by atoms with Crippen LogP contribution in [0.25, 0.3) is 10.2 Å². The molecule has 4 rings (SSSR count). The number of rotatable bonds is 2. The number of anilines is 2. The lowest BCUT2D eigenvalue weighted by atomic mass is 10.1. The molecular formula is C19H17Cl2N3OS. The van der Waals surface area contributed by atoms with Gasteiger partial charge in [-0.05, 0) is 49.4 Å². The Morgan fingerprint density at radius 3 is 2.65 bits per heavy atom. The molecule has 26 heavy (non-hydrogen) atoms. The van der Waals surface area contributed by atoms with Crippen molar-refractivity contribution in [2.24, 2.45) is 0 Å². The second kappa shape index (κ2) is 7.06. The van der Waals surface area contributed by atoms with Gasteiger partial charge in [0.2, 0.25) is 0 Å². The molecule has 0 fully saturated rings. The molecule has 2 aromatic heterocycles. The zero-order valence-corrected chi connectivity index (χ0v) is 16.3. The van der Waals surface area contributed by atoms with Crippen molar-refractivity contribution in [3.8, 4) is 0 Å². The van der Waals surface area contributed by atoms with Gasteiger partial charge in [0.15, 0.2) is 0 Å². The van der Waals surface area contributed by atoms with E-state index in [2.05, 4.69) is 11.4 Å². The molecule has 0 radical (unpaired) electrons. The summed E-state index contributed by atoms with van der Waals surface area (Å²) in [6.45, 7) is 0. The lowest BCUT2D eigenvalue weighted by Crippen LogP contribution is -2.12. The monoisotopic (exact) mass is 405 g/mol. The van der Waals surface area contributed by atoms with Gasteiger partial charge in [0.25, 0.3) is 5.91 Å². The smallest absolute Gasteiger partial charge is 0.268 e. The molecule has 0 saturated heterocycles. The minimum Gasteiger partial charge on any atom is -0.397 e. The maximum atomic E-state index is 12.8. The van der Waals surface area contributed by atoms with Gasteiger partial charge in [0.05, 0.1) is 21.4 Å². The highest BCUT2D eigenvalue weighted by atomic mass is 35.5. The minimum atomic E-state index is -0.323. The number of nitrogens with one attached hydrogen (secondary N) is 1. The summed E-state index contributed by atoms with van der Waals surface area (Å²) in [5, 5.41) is 4.40. The second-order valence-corrected chi connectivity index (χ2v) is 8.22. The van der Waals surface area contributed by atoms with Crippen molar-refractivity contribution in [2.45, 2.75) is 32.1 Å². The number of hydrogen-bond donors (Lipinski definition) is 2.